The van der Waals surface area contributed by atoms with Gasteiger partial charge in [-0.1, -0.05) is 26.2 Å². The Labute approximate surface area is 101 Å². The third-order valence-electron chi connectivity index (χ3n) is 3.25. The Morgan fingerprint density at radius 3 is 2.31 bits per heavy atom. The van der Waals surface area contributed by atoms with Crippen molar-refractivity contribution in [3.8, 4) is 0 Å². The average Bonchev–Trinajstić information content (AvgIpc) is 2.24. The molecule has 1 rings (SSSR count). The van der Waals surface area contributed by atoms with Crippen molar-refractivity contribution in [2.24, 2.45) is 0 Å². The second-order valence-corrected chi connectivity index (χ2v) is 6.06. The Morgan fingerprint density at radius 1 is 1.19 bits per heavy atom. The van der Waals surface area contributed by atoms with Gasteiger partial charge in [-0.25, -0.2) is 0 Å². The lowest BCUT2D eigenvalue weighted by Gasteiger charge is -2.30. The van der Waals surface area contributed by atoms with E-state index in [0.717, 1.165) is 13.0 Å². The van der Waals surface area contributed by atoms with Gasteiger partial charge < -0.3 is 10.1 Å². The van der Waals surface area contributed by atoms with Gasteiger partial charge in [-0.05, 0) is 40.0 Å². The number of nitrogens with one attached hydrogen (secondary N) is 1. The summed E-state index contributed by atoms with van der Waals surface area (Å²) in [6.07, 6.45) is 8.68. The van der Waals surface area contributed by atoms with Crippen molar-refractivity contribution in [1.29, 1.82) is 0 Å². The van der Waals surface area contributed by atoms with E-state index in [1.54, 1.807) is 0 Å². The molecule has 1 saturated carbocycles. The van der Waals surface area contributed by atoms with Crippen LogP contribution < -0.4 is 5.32 Å². The average molecular weight is 227 g/mol. The summed E-state index contributed by atoms with van der Waals surface area (Å²) in [5.74, 6) is 0. The SMILES string of the molecule is CCC(CNC(C)(C)C)OC1CCCCC1. The predicted molar refractivity (Wildman–Crippen MR) is 69.8 cm³/mol. The van der Waals surface area contributed by atoms with E-state index in [-0.39, 0.29) is 5.54 Å². The molecule has 2 nitrogen and oxygen atoms in total. The maximum absolute atomic E-state index is 6.17. The molecule has 2 heteroatoms. The van der Waals surface area contributed by atoms with Gasteiger partial charge in [0.2, 0.25) is 0 Å². The van der Waals surface area contributed by atoms with Gasteiger partial charge in [0, 0.05) is 12.1 Å². The monoisotopic (exact) mass is 227 g/mol. The van der Waals surface area contributed by atoms with Gasteiger partial charge in [0.05, 0.1) is 12.2 Å². The molecule has 0 heterocycles. The zero-order valence-corrected chi connectivity index (χ0v) is 11.5. The van der Waals surface area contributed by atoms with Crippen molar-refractivity contribution < 1.29 is 4.74 Å². The lowest BCUT2D eigenvalue weighted by molar-refractivity contribution is -0.0323. The molecule has 1 fully saturated rings. The van der Waals surface area contributed by atoms with Crippen LogP contribution in [-0.4, -0.2) is 24.3 Å². The van der Waals surface area contributed by atoms with E-state index in [9.17, 15) is 0 Å². The van der Waals surface area contributed by atoms with Crippen LogP contribution in [0.2, 0.25) is 0 Å². The molecule has 0 aromatic rings. The van der Waals surface area contributed by atoms with Crippen molar-refractivity contribution in [3.05, 3.63) is 0 Å². The fourth-order valence-electron chi connectivity index (χ4n) is 2.18. The first-order valence-electron chi connectivity index (χ1n) is 6.92. The molecule has 1 unspecified atom stereocenters. The number of ether oxygens (including phenoxy) is 1. The fourth-order valence-corrected chi connectivity index (χ4v) is 2.18. The molecule has 96 valence electrons. The lowest BCUT2D eigenvalue weighted by atomic mass is 9.97. The molecule has 0 aliphatic heterocycles. The molecule has 0 spiro atoms. The largest absolute Gasteiger partial charge is 0.374 e. The molecule has 1 N–H and O–H groups in total. The van der Waals surface area contributed by atoms with Crippen molar-refractivity contribution >= 4 is 0 Å². The van der Waals surface area contributed by atoms with Crippen LogP contribution in [0.15, 0.2) is 0 Å². The van der Waals surface area contributed by atoms with E-state index in [2.05, 4.69) is 33.0 Å². The van der Waals surface area contributed by atoms with E-state index >= 15 is 0 Å². The molecule has 1 aliphatic carbocycles. The van der Waals surface area contributed by atoms with Crippen molar-refractivity contribution in [2.75, 3.05) is 6.54 Å². The highest BCUT2D eigenvalue weighted by molar-refractivity contribution is 4.75. The van der Waals surface area contributed by atoms with Gasteiger partial charge in [0.1, 0.15) is 0 Å². The third-order valence-corrected chi connectivity index (χ3v) is 3.25. The van der Waals surface area contributed by atoms with E-state index in [0.29, 0.717) is 12.2 Å². The lowest BCUT2D eigenvalue weighted by Crippen LogP contribution is -2.42. The van der Waals surface area contributed by atoms with E-state index in [1.807, 2.05) is 0 Å². The first kappa shape index (κ1) is 14.0. The van der Waals surface area contributed by atoms with Crippen LogP contribution >= 0.6 is 0 Å². The van der Waals surface area contributed by atoms with Crippen molar-refractivity contribution in [2.45, 2.75) is 84.0 Å². The maximum Gasteiger partial charge on any atom is 0.0700 e. The van der Waals surface area contributed by atoms with Crippen molar-refractivity contribution in [1.82, 2.24) is 5.32 Å². The molecule has 0 saturated heterocycles. The molecule has 0 bridgehead atoms. The molecular formula is C14H29NO. The predicted octanol–water partition coefficient (Wildman–Crippen LogP) is 3.50. The highest BCUT2D eigenvalue weighted by atomic mass is 16.5. The summed E-state index contributed by atoms with van der Waals surface area (Å²) in [6, 6.07) is 0. The molecule has 0 amide bonds. The topological polar surface area (TPSA) is 21.3 Å². The smallest absolute Gasteiger partial charge is 0.0700 e. The summed E-state index contributed by atoms with van der Waals surface area (Å²) in [6.45, 7) is 9.83. The van der Waals surface area contributed by atoms with Crippen LogP contribution in [0, 0.1) is 0 Å². The van der Waals surface area contributed by atoms with Gasteiger partial charge in [0.25, 0.3) is 0 Å². The minimum absolute atomic E-state index is 0.198. The quantitative estimate of drug-likeness (QED) is 0.776. The summed E-state index contributed by atoms with van der Waals surface area (Å²) < 4.78 is 6.17. The Hall–Kier alpha value is -0.0800. The summed E-state index contributed by atoms with van der Waals surface area (Å²) in [7, 11) is 0. The summed E-state index contributed by atoms with van der Waals surface area (Å²) in [5, 5.41) is 3.54. The third kappa shape index (κ3) is 5.86. The molecule has 1 atom stereocenters. The van der Waals surface area contributed by atoms with E-state index < -0.39 is 0 Å². The Kier molecular flexibility index (Phi) is 5.77. The Morgan fingerprint density at radius 2 is 1.81 bits per heavy atom. The summed E-state index contributed by atoms with van der Waals surface area (Å²) in [5.41, 5.74) is 0.198. The van der Waals surface area contributed by atoms with Crippen LogP contribution in [-0.2, 0) is 4.74 Å². The van der Waals surface area contributed by atoms with Gasteiger partial charge in [-0.2, -0.15) is 0 Å². The second kappa shape index (κ2) is 6.61. The van der Waals surface area contributed by atoms with E-state index in [4.69, 9.17) is 4.74 Å². The van der Waals surface area contributed by atoms with Gasteiger partial charge >= 0.3 is 0 Å². The summed E-state index contributed by atoms with van der Waals surface area (Å²) in [4.78, 5) is 0. The van der Waals surface area contributed by atoms with Crippen LogP contribution in [0.3, 0.4) is 0 Å². The first-order chi connectivity index (χ1) is 7.51. The number of hydrogen-bond donors (Lipinski definition) is 1. The van der Waals surface area contributed by atoms with Gasteiger partial charge in [0.15, 0.2) is 0 Å². The molecule has 0 aromatic heterocycles. The highest BCUT2D eigenvalue weighted by Crippen LogP contribution is 2.22. The Balaban J connectivity index is 2.25. The minimum Gasteiger partial charge on any atom is -0.374 e. The fraction of sp³-hybridized carbons (Fsp3) is 1.00. The zero-order chi connectivity index (χ0) is 12.0. The highest BCUT2D eigenvalue weighted by Gasteiger charge is 2.19. The van der Waals surface area contributed by atoms with Crippen molar-refractivity contribution in [3.63, 3.8) is 0 Å². The van der Waals surface area contributed by atoms with Gasteiger partial charge in [-0.15, -0.1) is 0 Å². The van der Waals surface area contributed by atoms with Crippen LogP contribution in [0.25, 0.3) is 0 Å². The number of hydrogen-bond acceptors (Lipinski definition) is 2. The van der Waals surface area contributed by atoms with Crippen LogP contribution in [0.5, 0.6) is 0 Å². The molecule has 1 aliphatic rings. The van der Waals surface area contributed by atoms with E-state index in [1.165, 1.54) is 32.1 Å². The normalized spacial score (nSPS) is 21.0. The standard InChI is InChI=1S/C14H29NO/c1-5-12(11-15-14(2,3)4)16-13-9-7-6-8-10-13/h12-13,15H,5-11H2,1-4H3. The van der Waals surface area contributed by atoms with Gasteiger partial charge in [-0.3, -0.25) is 0 Å². The van der Waals surface area contributed by atoms with Crippen LogP contribution in [0.4, 0.5) is 0 Å². The second-order valence-electron chi connectivity index (χ2n) is 6.06. The molecule has 0 aromatic carbocycles. The Bertz CT molecular complexity index is 180. The molecular weight excluding hydrogens is 198 g/mol. The first-order valence-corrected chi connectivity index (χ1v) is 6.92. The molecule has 16 heavy (non-hydrogen) atoms. The summed E-state index contributed by atoms with van der Waals surface area (Å²) >= 11 is 0. The molecule has 0 radical (unpaired) electrons. The maximum atomic E-state index is 6.17. The van der Waals surface area contributed by atoms with Crippen LogP contribution in [0.1, 0.15) is 66.2 Å². The minimum atomic E-state index is 0.198. The zero-order valence-electron chi connectivity index (χ0n) is 11.5. The number of rotatable bonds is 5.